The molecule has 0 aliphatic heterocycles. The van der Waals surface area contributed by atoms with Crippen LogP contribution < -0.4 is 50.9 Å². The number of ketones is 5. The molecule has 0 amide bonds. The maximum absolute atomic E-state index is 9.44. The summed E-state index contributed by atoms with van der Waals surface area (Å²) in [6, 6.07) is 17.9. The smallest absolute Gasteiger partial charge is 0.168 e. The van der Waals surface area contributed by atoms with E-state index in [-0.39, 0.29) is 160 Å². The third-order valence-corrected chi connectivity index (χ3v) is 6.55. The molecule has 0 atom stereocenters. The van der Waals surface area contributed by atoms with Gasteiger partial charge in [0.1, 0.15) is 28.9 Å². The molecule has 0 saturated carbocycles. The van der Waals surface area contributed by atoms with Crippen LogP contribution in [0.3, 0.4) is 0 Å². The number of aromatic nitrogens is 12. The predicted molar refractivity (Wildman–Crippen MR) is 258 cm³/mol. The van der Waals surface area contributed by atoms with Gasteiger partial charge in [-0.2, -0.15) is 30.6 Å². The number of Topliss-reactive ketones (excluding diaryl/α,β-unsaturated/α-hetero) is 5. The van der Waals surface area contributed by atoms with Gasteiger partial charge in [0.05, 0.1) is 0 Å². The minimum atomic E-state index is -0.333. The maximum Gasteiger partial charge on any atom is 0.168 e. The van der Waals surface area contributed by atoms with Crippen LogP contribution in [0.2, 0.25) is 0 Å². The van der Waals surface area contributed by atoms with Crippen molar-refractivity contribution in [1.29, 1.82) is 0 Å². The van der Waals surface area contributed by atoms with E-state index in [0.717, 1.165) is 16.7 Å². The molecule has 0 saturated heterocycles. The number of nitrogens with zero attached hydrogens (tertiary/aromatic N) is 12. The summed E-state index contributed by atoms with van der Waals surface area (Å²) in [7, 11) is 0. The second-order valence-electron chi connectivity index (χ2n) is 13.5. The number of hydrogen-bond acceptors (Lipinski definition) is 11. The molecule has 6 heterocycles. The van der Waals surface area contributed by atoms with Gasteiger partial charge >= 0.3 is 102 Å². The molecule has 7 aromatic rings. The van der Waals surface area contributed by atoms with Crippen LogP contribution in [-0.2, 0) is 127 Å². The van der Waals surface area contributed by atoms with Gasteiger partial charge in [-0.3, -0.25) is 0 Å². The predicted octanol–water partition coefficient (Wildman–Crippen LogP) is -3.21. The average molecular weight is 1860 g/mol. The number of halogens is 3. The zero-order valence-electron chi connectivity index (χ0n) is 45.7. The molecule has 83 heavy (non-hydrogen) atoms. The van der Waals surface area contributed by atoms with Gasteiger partial charge in [0, 0.05) is 136 Å². The van der Waals surface area contributed by atoms with E-state index in [1.165, 1.54) is 69.2 Å². The molecular weight excluding hydrogens is 1800 g/mol. The first-order valence-corrected chi connectivity index (χ1v) is 20.3. The summed E-state index contributed by atoms with van der Waals surface area (Å²) >= 11 is 0. The van der Waals surface area contributed by atoms with Crippen LogP contribution in [0.5, 0.6) is 0 Å². The molecule has 6 aromatic heterocycles. The van der Waals surface area contributed by atoms with E-state index in [1.807, 2.05) is 102 Å². The summed E-state index contributed by atoms with van der Waals surface area (Å²) in [5, 5.41) is 27.5. The first kappa shape index (κ1) is 112. The van der Waals surface area contributed by atoms with E-state index in [4.69, 9.17) is 41.9 Å². The van der Waals surface area contributed by atoms with E-state index < -0.39 is 0 Å². The Labute approximate surface area is 554 Å². The summed E-state index contributed by atoms with van der Waals surface area (Å²) in [6.07, 6.45) is 21.3. The van der Waals surface area contributed by atoms with Gasteiger partial charge in [-0.15, -0.1) is 0 Å². The molecule has 0 bridgehead atoms. The summed E-state index contributed by atoms with van der Waals surface area (Å²) in [5.41, 5.74) is 2.93. The van der Waals surface area contributed by atoms with Crippen molar-refractivity contribution < 1.29 is 178 Å². The Morgan fingerprint density at radius 1 is 0.289 bits per heavy atom. The first-order valence-electron chi connectivity index (χ1n) is 20.3. The number of carbonyl (C=O) groups is 5. The van der Waals surface area contributed by atoms with Crippen LogP contribution in [0.4, 0.5) is 0 Å². The van der Waals surface area contributed by atoms with Crippen molar-refractivity contribution in [2.24, 2.45) is 0 Å². The van der Waals surface area contributed by atoms with Gasteiger partial charge in [0.2, 0.25) is 0 Å². The van der Waals surface area contributed by atoms with E-state index in [1.54, 1.807) is 37.2 Å². The van der Waals surface area contributed by atoms with Crippen molar-refractivity contribution in [3.8, 4) is 0 Å². The number of rotatable bonds is 9. The summed E-state index contributed by atoms with van der Waals surface area (Å²) in [4.78, 5) is 47.2. The fraction of sp³-hybridized carbons (Fsp3) is 0.255. The normalized spacial score (nSPS) is 7.31. The Kier molecular flexibility index (Phi) is 111. The van der Waals surface area contributed by atoms with Gasteiger partial charge in [0.25, 0.3) is 0 Å². The fourth-order valence-corrected chi connectivity index (χ4v) is 4.98. The van der Waals surface area contributed by atoms with Crippen molar-refractivity contribution in [2.45, 2.75) is 87.7 Å². The zero-order chi connectivity index (χ0) is 61.9. The summed E-state index contributed by atoms with van der Waals surface area (Å²) in [5.74, 6) is 0.833. The van der Waals surface area contributed by atoms with E-state index in [2.05, 4.69) is 109 Å². The van der Waals surface area contributed by atoms with Gasteiger partial charge in [-0.1, -0.05) is 0 Å². The first-order chi connectivity index (χ1) is 37.0. The molecule has 1 aromatic carbocycles. The molecule has 0 fully saturated rings. The van der Waals surface area contributed by atoms with Crippen molar-refractivity contribution >= 4 is 28.9 Å². The fourth-order valence-electron chi connectivity index (χ4n) is 4.98. The molecule has 447 valence electrons. The van der Waals surface area contributed by atoms with Crippen molar-refractivity contribution in [3.63, 3.8) is 0 Å². The average Bonchev–Trinajstić information content (AvgIpc) is 4.29. The molecule has 0 aliphatic rings. The van der Waals surface area contributed by atoms with Gasteiger partial charge in [-0.05, 0) is 141 Å². The van der Waals surface area contributed by atoms with Crippen LogP contribution in [0.15, 0.2) is 129 Å². The minimum Gasteiger partial charge on any atom is -0.244 e. The van der Waals surface area contributed by atoms with E-state index in [0.29, 0.717) is 0 Å². The van der Waals surface area contributed by atoms with Crippen molar-refractivity contribution in [3.05, 3.63) is 206 Å². The molecule has 0 spiro atoms. The largest absolute Gasteiger partial charge is 0.244 e. The molecule has 0 unspecified atom stereocenters. The second-order valence-corrected chi connectivity index (χ2v) is 13.5. The van der Waals surface area contributed by atoms with Crippen LogP contribution in [0.25, 0.3) is 0 Å². The molecule has 26 nitrogen and oxygen atoms in total. The van der Waals surface area contributed by atoms with E-state index in [9.17, 15) is 24.0 Å². The van der Waals surface area contributed by atoms with Gasteiger partial charge in [0.15, 0.2) is 18.5 Å². The SMILES string of the molecule is CC(C)=O.CC(C)=O.CC(C)=O.CC(C)=O.CC(C)=O.[Br-].[Br-].[Br-].[C-]#[O+].[C-]#[O+].[C-]#[O+].[C-]#[O+].[C-]#[O+].[C-]#[O+].[C-]#[O+].[C-]#[O+].[C-]#[O+].[Re].[Re].[Re].c1cnn(C(c2cc(C(n3cccn3)n3cccn3)cc(C(n3cccn3)n3cccn3)c2)n2cccn2)c1. The quantitative estimate of drug-likeness (QED) is 0.102. The van der Waals surface area contributed by atoms with Gasteiger partial charge in [-0.25, -0.2) is 28.1 Å². The summed E-state index contributed by atoms with van der Waals surface area (Å²) in [6.45, 7) is 55.8. The minimum absolute atomic E-state index is 0. The zero-order valence-corrected chi connectivity index (χ0v) is 58.6. The second kappa shape index (κ2) is 82.4. The number of hydrogen-bond donors (Lipinski definition) is 0. The molecule has 0 aliphatic carbocycles. The Morgan fingerprint density at radius 2 is 0.386 bits per heavy atom. The third kappa shape index (κ3) is 58.9. The maximum atomic E-state index is 9.44. The van der Waals surface area contributed by atoms with Gasteiger partial charge < -0.3 is 74.9 Å². The van der Waals surface area contributed by atoms with Crippen LogP contribution >= 0.6 is 0 Å². The number of carbonyl (C=O) groups excluding carboxylic acids is 5. The topological polar surface area (TPSA) is 371 Å². The molecule has 0 N–H and O–H groups in total. The van der Waals surface area contributed by atoms with Crippen LogP contribution in [-0.4, -0.2) is 87.6 Å². The number of benzene rings is 1. The standard InChI is InChI=1S/C27H24N12.5C3H6O.9CO.3BrH.3Re/c1-7-28-34(13-1)25(35-14-2-8-29-35)22-19-23(26(36-15-3-9-30-36)37-16-4-10-31-37)21-24(20-22)27(38-17-5-11-32-38)39-18-6-12-33-39;5*1-3(2)4;9*1-2;;;;;;/h1-21,25-27H;5*1-2H3;;;;;;;;;;3*1H;;;/p-3. The van der Waals surface area contributed by atoms with Crippen LogP contribution in [0.1, 0.15) is 104 Å². The molecule has 32 heteroatoms. The Balaban J connectivity index is -0.0000000761. The Bertz CT molecular complexity index is 2230. The monoisotopic (exact) mass is 1860 g/mol. The summed E-state index contributed by atoms with van der Waals surface area (Å²) < 4.78 is 78.9. The van der Waals surface area contributed by atoms with Crippen molar-refractivity contribution in [1.82, 2.24) is 58.7 Å². The van der Waals surface area contributed by atoms with Crippen LogP contribution in [0, 0.1) is 59.9 Å². The third-order valence-electron chi connectivity index (χ3n) is 6.55. The van der Waals surface area contributed by atoms with E-state index >= 15 is 0 Å². The Hall–Kier alpha value is -6.08. The molecular formula is C51H54Br3N12O14Re3-3. The molecule has 3 radical (unpaired) electrons. The Morgan fingerprint density at radius 3 is 0.458 bits per heavy atom. The molecule has 7 rings (SSSR count). The van der Waals surface area contributed by atoms with Crippen molar-refractivity contribution in [2.75, 3.05) is 0 Å².